The minimum Gasteiger partial charge on any atom is -0.491 e. The largest absolute Gasteiger partial charge is 0.491 e. The van der Waals surface area contributed by atoms with Crippen molar-refractivity contribution in [2.75, 3.05) is 26.4 Å². The number of esters is 3. The lowest BCUT2D eigenvalue weighted by atomic mass is 9.70. The molecule has 5 aromatic carbocycles. The Balaban J connectivity index is 1.23. The second kappa shape index (κ2) is 16.0. The van der Waals surface area contributed by atoms with Gasteiger partial charge in [0.25, 0.3) is 0 Å². The van der Waals surface area contributed by atoms with Crippen LogP contribution < -0.4 is 9.47 Å². The van der Waals surface area contributed by atoms with Crippen molar-refractivity contribution in [1.29, 1.82) is 0 Å². The molecule has 0 saturated carbocycles. The van der Waals surface area contributed by atoms with E-state index in [1.165, 1.54) is 12.1 Å². The molecule has 3 unspecified atom stereocenters. The highest BCUT2D eigenvalue weighted by molar-refractivity contribution is 6.02. The van der Waals surface area contributed by atoms with E-state index < -0.39 is 41.5 Å². The summed E-state index contributed by atoms with van der Waals surface area (Å²) in [4.78, 5) is 48.8. The van der Waals surface area contributed by atoms with Crippen molar-refractivity contribution in [3.8, 4) is 33.8 Å². The zero-order chi connectivity index (χ0) is 40.3. The molecule has 5 aromatic rings. The molecule has 57 heavy (non-hydrogen) atoms. The van der Waals surface area contributed by atoms with Crippen molar-refractivity contribution >= 4 is 23.9 Å². The topological polar surface area (TPSA) is 155 Å². The molecular formula is C46H38O11. The number of hydrogen-bond donors (Lipinski definition) is 2. The van der Waals surface area contributed by atoms with Crippen LogP contribution in [0.5, 0.6) is 11.5 Å². The third-order valence-electron chi connectivity index (χ3n) is 9.97. The number of fused-ring (bicyclic) bond motifs is 10. The Morgan fingerprint density at radius 1 is 0.632 bits per heavy atom. The third kappa shape index (κ3) is 7.28. The summed E-state index contributed by atoms with van der Waals surface area (Å²) in [6.07, 6.45) is -0.179. The molecule has 7 rings (SSSR count). The molecule has 0 fully saturated rings. The van der Waals surface area contributed by atoms with Crippen molar-refractivity contribution in [2.45, 2.75) is 24.5 Å². The molecule has 0 aromatic heterocycles. The average molecular weight is 767 g/mol. The highest BCUT2D eigenvalue weighted by Gasteiger charge is 2.52. The van der Waals surface area contributed by atoms with Crippen LogP contribution >= 0.6 is 0 Å². The first-order valence-electron chi connectivity index (χ1n) is 18.1. The van der Waals surface area contributed by atoms with Crippen molar-refractivity contribution in [3.63, 3.8) is 0 Å². The van der Waals surface area contributed by atoms with Crippen LogP contribution in [0.25, 0.3) is 22.3 Å². The number of aliphatic hydroxyl groups is 1. The fourth-order valence-electron chi connectivity index (χ4n) is 7.52. The van der Waals surface area contributed by atoms with Crippen LogP contribution in [0.2, 0.25) is 0 Å². The van der Waals surface area contributed by atoms with Gasteiger partial charge in [-0.15, -0.1) is 0 Å². The van der Waals surface area contributed by atoms with Gasteiger partial charge in [0.15, 0.2) is 6.10 Å². The van der Waals surface area contributed by atoms with Gasteiger partial charge in [-0.25, -0.2) is 19.2 Å². The molecule has 288 valence electrons. The molecule has 0 heterocycles. The number of aryl methyl sites for hydroxylation is 1. The summed E-state index contributed by atoms with van der Waals surface area (Å²) in [7, 11) is 0. The number of carbonyl (C=O) groups excluding carboxylic acids is 3. The van der Waals surface area contributed by atoms with E-state index >= 15 is 0 Å². The number of aromatic carboxylic acids is 1. The Morgan fingerprint density at radius 3 is 1.72 bits per heavy atom. The van der Waals surface area contributed by atoms with Gasteiger partial charge in [0.05, 0.1) is 16.5 Å². The van der Waals surface area contributed by atoms with Crippen LogP contribution in [0.4, 0.5) is 0 Å². The Hall–Kier alpha value is -6.98. The predicted molar refractivity (Wildman–Crippen MR) is 209 cm³/mol. The summed E-state index contributed by atoms with van der Waals surface area (Å²) in [5.74, 6) is -2.63. The van der Waals surface area contributed by atoms with E-state index in [0.717, 1.165) is 56.7 Å². The zero-order valence-corrected chi connectivity index (χ0v) is 30.9. The Bertz CT molecular complexity index is 2420. The van der Waals surface area contributed by atoms with E-state index in [-0.39, 0.29) is 37.6 Å². The maximum Gasteiger partial charge on any atom is 0.339 e. The second-order valence-electron chi connectivity index (χ2n) is 13.6. The van der Waals surface area contributed by atoms with Gasteiger partial charge in [-0.2, -0.15) is 0 Å². The minimum absolute atomic E-state index is 0.121. The molecule has 11 nitrogen and oxygen atoms in total. The molecule has 3 atom stereocenters. The van der Waals surface area contributed by atoms with Crippen LogP contribution in [0.3, 0.4) is 0 Å². The molecule has 0 amide bonds. The standard InChI is InChI=1S/C46H38O11/c1-4-42(48)55-24-28(47)23-53-29-15-18-34-32-10-6-8-12-38(32)46(40(34)21-29)39-13-9-7-11-33(39)35-19-16-30(22-41(35)46)54-25-31(26-56-43(49)5-2)57-45(52)37-20-27(3)14-17-36(37)44(50)51/h4-22,28,31,47H,1-2,23-26H2,3H3,(H,50,51). The summed E-state index contributed by atoms with van der Waals surface area (Å²) in [6.45, 7) is 7.53. The van der Waals surface area contributed by atoms with Gasteiger partial charge in [0.2, 0.25) is 0 Å². The number of aliphatic hydroxyl groups excluding tert-OH is 1. The maximum absolute atomic E-state index is 13.4. The monoisotopic (exact) mass is 766 g/mol. The Morgan fingerprint density at radius 2 is 1.16 bits per heavy atom. The summed E-state index contributed by atoms with van der Waals surface area (Å²) in [5, 5.41) is 20.2. The van der Waals surface area contributed by atoms with Gasteiger partial charge in [-0.1, -0.05) is 85.5 Å². The van der Waals surface area contributed by atoms with E-state index in [2.05, 4.69) is 37.4 Å². The minimum atomic E-state index is -1.29. The predicted octanol–water partition coefficient (Wildman–Crippen LogP) is 6.84. The van der Waals surface area contributed by atoms with Gasteiger partial charge < -0.3 is 33.9 Å². The van der Waals surface area contributed by atoms with E-state index in [1.54, 1.807) is 13.0 Å². The summed E-state index contributed by atoms with van der Waals surface area (Å²) in [5.41, 5.74) is 7.50. The summed E-state index contributed by atoms with van der Waals surface area (Å²) in [6, 6.07) is 32.2. The first-order valence-corrected chi connectivity index (χ1v) is 18.1. The molecule has 0 bridgehead atoms. The van der Waals surface area contributed by atoms with Crippen LogP contribution in [-0.4, -0.2) is 72.7 Å². The number of rotatable bonds is 15. The number of carboxylic acid groups (broad SMARTS) is 1. The lowest BCUT2D eigenvalue weighted by molar-refractivity contribution is -0.142. The van der Waals surface area contributed by atoms with Crippen molar-refractivity contribution in [3.05, 3.63) is 167 Å². The zero-order valence-electron chi connectivity index (χ0n) is 30.9. The van der Waals surface area contributed by atoms with Gasteiger partial charge >= 0.3 is 23.9 Å². The smallest absolute Gasteiger partial charge is 0.339 e. The van der Waals surface area contributed by atoms with Crippen LogP contribution in [-0.2, 0) is 29.2 Å². The Kier molecular flexibility index (Phi) is 10.8. The summed E-state index contributed by atoms with van der Waals surface area (Å²) < 4.78 is 28.3. The van der Waals surface area contributed by atoms with Gasteiger partial charge in [0.1, 0.15) is 44.0 Å². The first-order chi connectivity index (χ1) is 27.5. The fourth-order valence-corrected chi connectivity index (χ4v) is 7.52. The Labute approximate surface area is 328 Å². The number of ether oxygens (including phenoxy) is 5. The second-order valence-corrected chi connectivity index (χ2v) is 13.6. The van der Waals surface area contributed by atoms with Gasteiger partial charge in [-0.3, -0.25) is 0 Å². The van der Waals surface area contributed by atoms with Crippen molar-refractivity contribution in [2.24, 2.45) is 0 Å². The summed E-state index contributed by atoms with van der Waals surface area (Å²) >= 11 is 0. The van der Waals surface area contributed by atoms with Gasteiger partial charge in [0, 0.05) is 12.2 Å². The molecule has 11 heteroatoms. The van der Waals surface area contributed by atoms with E-state index in [0.29, 0.717) is 17.1 Å². The molecular weight excluding hydrogens is 728 g/mol. The lowest BCUT2D eigenvalue weighted by Gasteiger charge is -2.31. The molecule has 2 aliphatic carbocycles. The number of hydrogen-bond acceptors (Lipinski definition) is 10. The van der Waals surface area contributed by atoms with E-state index in [9.17, 15) is 29.4 Å². The molecule has 1 spiro atoms. The third-order valence-corrected chi connectivity index (χ3v) is 9.97. The highest BCUT2D eigenvalue weighted by Crippen LogP contribution is 2.63. The SMILES string of the molecule is C=CC(=O)OCC(O)COc1ccc2c(c1)C1(c3ccccc3-2)c2ccccc2-c2ccc(OCC(COC(=O)C=C)OC(=O)c3cc(C)ccc3C(=O)O)cc21. The fraction of sp³-hybridized carbons (Fsp3) is 0.174. The van der Waals surface area contributed by atoms with Crippen LogP contribution in [0.15, 0.2) is 128 Å². The normalized spacial score (nSPS) is 15.2. The molecule has 2 aliphatic rings. The number of carbonyl (C=O) groups is 4. The van der Waals surface area contributed by atoms with E-state index in [1.807, 2.05) is 60.7 Å². The van der Waals surface area contributed by atoms with Crippen LogP contribution in [0.1, 0.15) is 48.5 Å². The molecule has 2 N–H and O–H groups in total. The van der Waals surface area contributed by atoms with Crippen molar-refractivity contribution in [1.82, 2.24) is 0 Å². The van der Waals surface area contributed by atoms with E-state index in [4.69, 9.17) is 23.7 Å². The molecule has 0 aliphatic heterocycles. The molecule has 0 saturated heterocycles. The lowest BCUT2D eigenvalue weighted by Crippen LogP contribution is -2.31. The maximum atomic E-state index is 13.4. The number of benzene rings is 5. The van der Waals surface area contributed by atoms with Crippen LogP contribution in [0, 0.1) is 6.92 Å². The van der Waals surface area contributed by atoms with Gasteiger partial charge in [-0.05, 0) is 87.8 Å². The highest BCUT2D eigenvalue weighted by atomic mass is 16.6. The number of carboxylic acids is 1. The average Bonchev–Trinajstić information content (AvgIpc) is 3.69. The van der Waals surface area contributed by atoms with Crippen molar-refractivity contribution < 1.29 is 53.1 Å². The first kappa shape index (κ1) is 38.3. The quantitative estimate of drug-likeness (QED) is 0.0641. The molecule has 0 radical (unpaired) electrons.